The van der Waals surface area contributed by atoms with Crippen LogP contribution in [0.25, 0.3) is 11.1 Å². The maximum atomic E-state index is 16.1. The first kappa shape index (κ1) is 75.0. The average molecular weight is 1430 g/mol. The Hall–Kier alpha value is -9.21. The fourth-order valence-electron chi connectivity index (χ4n) is 12.1. The van der Waals surface area contributed by atoms with Crippen molar-refractivity contribution in [2.75, 3.05) is 27.4 Å². The van der Waals surface area contributed by atoms with Gasteiger partial charge in [0.15, 0.2) is 28.8 Å². The quantitative estimate of drug-likeness (QED) is 0.0800. The van der Waals surface area contributed by atoms with Crippen LogP contribution < -0.4 is 41.2 Å². The molecule has 536 valence electrons. The number of Topliss-reactive ketones (excluding diaryl/α,β-unsaturated/α-hetero) is 3. The largest absolute Gasteiger partial charge is 0.508 e. The molecular formula is C68H76Cl2N6O24. The van der Waals surface area contributed by atoms with E-state index < -0.39 is 227 Å². The van der Waals surface area contributed by atoms with Gasteiger partial charge in [-0.2, -0.15) is 0 Å². The summed E-state index contributed by atoms with van der Waals surface area (Å²) >= 11 is 14.0. The van der Waals surface area contributed by atoms with E-state index in [0.29, 0.717) is 0 Å². The lowest BCUT2D eigenvalue weighted by Gasteiger charge is -2.39. The number of hydrogen-bond donors (Lipinski definition) is 14. The van der Waals surface area contributed by atoms with Gasteiger partial charge >= 0.3 is 6.09 Å². The highest BCUT2D eigenvalue weighted by molar-refractivity contribution is 6.32. The molecule has 0 unspecified atom stereocenters. The van der Waals surface area contributed by atoms with Crippen molar-refractivity contribution in [1.29, 1.82) is 0 Å². The number of hydrogen-bond acceptors (Lipinski definition) is 24. The number of aromatic hydroxyl groups is 3. The number of benzene rings is 5. The number of ether oxygens (including phenoxy) is 6. The zero-order valence-electron chi connectivity index (χ0n) is 54.8. The average Bonchev–Trinajstić information content (AvgIpc) is 0.760. The molecule has 6 heterocycles. The van der Waals surface area contributed by atoms with Crippen molar-refractivity contribution in [3.05, 3.63) is 117 Å². The Balaban J connectivity index is 1.30. The van der Waals surface area contributed by atoms with Gasteiger partial charge in [0, 0.05) is 50.6 Å². The van der Waals surface area contributed by atoms with E-state index in [9.17, 15) is 65.1 Å². The van der Waals surface area contributed by atoms with Crippen LogP contribution >= 0.6 is 23.2 Å². The summed E-state index contributed by atoms with van der Waals surface area (Å²) in [6, 6.07) is 4.57. The minimum absolute atomic E-state index is 0.0258. The number of ketones is 3. The zero-order valence-corrected chi connectivity index (χ0v) is 56.3. The number of halogens is 2. The van der Waals surface area contributed by atoms with Gasteiger partial charge in [-0.1, -0.05) is 55.2 Å². The second-order valence-electron chi connectivity index (χ2n) is 26.1. The van der Waals surface area contributed by atoms with E-state index in [1.807, 2.05) is 0 Å². The van der Waals surface area contributed by atoms with Crippen LogP contribution in [0.5, 0.6) is 46.0 Å². The lowest BCUT2D eigenvalue weighted by Crippen LogP contribution is -2.60. The lowest BCUT2D eigenvalue weighted by molar-refractivity contribution is -0.277. The van der Waals surface area contributed by atoms with Crippen LogP contribution in [0.2, 0.25) is 10.0 Å². The number of nitrogens with one attached hydrogen (secondary N) is 4. The summed E-state index contributed by atoms with van der Waals surface area (Å²) in [6.45, 7) is 6.63. The molecule has 0 aromatic heterocycles. The number of carbonyl (C=O) groups excluding carboxylic acids is 9. The number of aliphatic hydroxyl groups is 6. The molecule has 5 aromatic carbocycles. The van der Waals surface area contributed by atoms with Crippen LogP contribution in [-0.2, 0) is 52.6 Å². The molecule has 6 aliphatic rings. The molecule has 0 radical (unpaired) electrons. The number of fused-ring (bicyclic) bond motifs is 15. The number of nitrogens with two attached hydrogens (primary N) is 1. The van der Waals surface area contributed by atoms with E-state index in [1.165, 1.54) is 31.3 Å². The number of primary amides is 1. The highest BCUT2D eigenvalue weighted by Gasteiger charge is 2.47. The number of amides is 6. The van der Waals surface area contributed by atoms with Gasteiger partial charge in [0.2, 0.25) is 41.6 Å². The number of phenols is 3. The topological polar surface area (TPSA) is 468 Å². The molecule has 0 saturated carbocycles. The third-order valence-corrected chi connectivity index (χ3v) is 17.7. The number of rotatable bonds is 13. The summed E-state index contributed by atoms with van der Waals surface area (Å²) in [5.41, 5.74) is 2.69. The molecule has 1 fully saturated rings. The standard InChI is InChI=1S/C68H76Cl2N6O24/c1-27(2)14-39(76(6)67(94)100-68(3,4)5)64(92)74-54-42(81)18-32(21-50(71)84)62(90)72-52-31-19-47(96-45-12-9-29(56(54)85)16-37(45)69)61(99-66-60(89)59(88)58(87)49(25-77)98-66)48(20-31)97-46-13-10-30(17-38(46)70)57(86)55-65(93)73-53(44(83)26-95-7)36-22-33(78)23-41(80)51(36)35-15-28(8-11-40(35)79)34(24-43(52)82)63(91)75-55/h8-13,15-17,19-20,22-23,27,32,34,39,49,52-60,66,77-80,85-89H,14,18,21,24-26H2,1-7H3,(H2,71,84)(H,72,90)(H,73,93)(H,74,92)(H,75,91)/t32-,34+,39+,49+,52+,53-,54-,55-,56+,57+,58+,59-,60+,66-/m0/s1. The normalized spacial score (nSPS) is 25.2. The fraction of sp³-hybridized carbons (Fsp3) is 0.426. The van der Waals surface area contributed by atoms with E-state index in [4.69, 9.17) is 57.4 Å². The van der Waals surface area contributed by atoms with Crippen LogP contribution in [0.15, 0.2) is 78.9 Å². The van der Waals surface area contributed by atoms with Crippen molar-refractivity contribution >= 4 is 76.2 Å². The number of likely N-dealkylation sites (N-methyl/N-ethyl adjacent to an activating group) is 1. The van der Waals surface area contributed by atoms with Crippen molar-refractivity contribution in [2.45, 2.75) is 145 Å². The SMILES string of the molecule is COCC(=O)[C@H]1NC(=O)[C@H]2NC(=O)[C@H](CC(=O)[C@@H]3NC(=O)[C@H](CC(N)=O)CC(=O)[C@H](NC(=O)[C@@H](CC(C)C)N(C)C(=O)OC(C)(C)C)[C@H](O)c4ccc(c(Cl)c4)Oc4cc3cc(c4O[C@@H]3O[C@H](CO)[C@@H](O)[C@H](O)[C@H]3O)Oc3ccc(cc3Cl)[C@H]2O)c2ccc(O)c(c2)-c2c(O)cc(O)cc21. The summed E-state index contributed by atoms with van der Waals surface area (Å²) in [7, 11) is 2.44. The Morgan fingerprint density at radius 1 is 0.720 bits per heavy atom. The minimum Gasteiger partial charge on any atom is -0.508 e. The maximum absolute atomic E-state index is 16.1. The van der Waals surface area contributed by atoms with Crippen LogP contribution in [0.3, 0.4) is 0 Å². The van der Waals surface area contributed by atoms with Crippen LogP contribution in [0.4, 0.5) is 4.79 Å². The first-order valence-corrected chi connectivity index (χ1v) is 32.2. The van der Waals surface area contributed by atoms with E-state index in [2.05, 4.69) is 21.3 Å². The first-order chi connectivity index (χ1) is 47.1. The maximum Gasteiger partial charge on any atom is 0.410 e. The molecule has 6 amide bonds. The summed E-state index contributed by atoms with van der Waals surface area (Å²) in [4.78, 5) is 134. The van der Waals surface area contributed by atoms with E-state index in [-0.39, 0.29) is 56.7 Å². The molecule has 5 aromatic rings. The monoisotopic (exact) mass is 1430 g/mol. The van der Waals surface area contributed by atoms with Gasteiger partial charge in [-0.15, -0.1) is 0 Å². The Morgan fingerprint density at radius 3 is 1.92 bits per heavy atom. The summed E-state index contributed by atoms with van der Waals surface area (Å²) in [5, 5.41) is 112. The molecule has 14 atom stereocenters. The molecule has 1 saturated heterocycles. The van der Waals surface area contributed by atoms with Crippen molar-refractivity contribution in [2.24, 2.45) is 17.6 Å². The second kappa shape index (κ2) is 30.7. The third kappa shape index (κ3) is 16.5. The molecule has 30 nitrogen and oxygen atoms in total. The van der Waals surface area contributed by atoms with Crippen molar-refractivity contribution < 1.29 is 118 Å². The van der Waals surface area contributed by atoms with Crippen LogP contribution in [0, 0.1) is 11.8 Å². The van der Waals surface area contributed by atoms with E-state index >= 15 is 24.0 Å². The first-order valence-electron chi connectivity index (χ1n) is 31.5. The molecule has 6 aliphatic heterocycles. The minimum atomic E-state index is -2.20. The Morgan fingerprint density at radius 2 is 1.34 bits per heavy atom. The lowest BCUT2D eigenvalue weighted by atomic mass is 9.84. The number of phenolic OH excluding ortho intramolecular Hbond substituents is 3. The Bertz CT molecular complexity index is 4030. The molecule has 15 N–H and O–H groups in total. The van der Waals surface area contributed by atoms with Crippen molar-refractivity contribution in [3.8, 4) is 57.1 Å². The molecule has 0 spiro atoms. The van der Waals surface area contributed by atoms with Gasteiger partial charge in [0.25, 0.3) is 0 Å². The van der Waals surface area contributed by atoms with Gasteiger partial charge in [-0.25, -0.2) is 4.79 Å². The summed E-state index contributed by atoms with van der Waals surface area (Å²) in [5.74, 6) is -18.0. The van der Waals surface area contributed by atoms with E-state index in [0.717, 1.165) is 66.6 Å². The van der Waals surface area contributed by atoms with Gasteiger partial charge in [-0.05, 0) is 116 Å². The molecule has 11 rings (SSSR count). The molecule has 100 heavy (non-hydrogen) atoms. The van der Waals surface area contributed by atoms with Crippen molar-refractivity contribution in [1.82, 2.24) is 26.2 Å². The zero-order chi connectivity index (χ0) is 73.3. The number of methoxy groups -OCH3 is 1. The van der Waals surface area contributed by atoms with Crippen LogP contribution in [0.1, 0.15) is 118 Å². The van der Waals surface area contributed by atoms with Crippen molar-refractivity contribution in [3.63, 3.8) is 0 Å². The number of aliphatic hydroxyl groups excluding tert-OH is 6. The van der Waals surface area contributed by atoms with Gasteiger partial charge in [-0.3, -0.25) is 43.3 Å². The van der Waals surface area contributed by atoms with Gasteiger partial charge < -0.3 is 101 Å². The second-order valence-corrected chi connectivity index (χ2v) is 26.9. The molecule has 11 bridgehead atoms. The number of nitrogens with zero attached hydrogens (tertiary/aromatic N) is 1. The molecular weight excluding hydrogens is 1360 g/mol. The third-order valence-electron chi connectivity index (χ3n) is 17.1. The Labute approximate surface area is 581 Å². The summed E-state index contributed by atoms with van der Waals surface area (Å²) in [6.07, 6.45) is -18.1. The highest BCUT2D eigenvalue weighted by atomic mass is 35.5. The highest BCUT2D eigenvalue weighted by Crippen LogP contribution is 2.50. The molecule has 0 aliphatic carbocycles. The van der Waals surface area contributed by atoms with E-state index in [1.54, 1.807) is 34.6 Å². The fourth-order valence-corrected chi connectivity index (χ4v) is 12.5. The van der Waals surface area contributed by atoms with Gasteiger partial charge in [0.05, 0.1) is 28.5 Å². The van der Waals surface area contributed by atoms with Crippen LogP contribution in [-0.4, -0.2) is 186 Å². The Kier molecular flexibility index (Phi) is 23.0. The number of carbonyl (C=O) groups is 9. The van der Waals surface area contributed by atoms with Gasteiger partial charge in [0.1, 0.15) is 108 Å². The predicted octanol–water partition coefficient (Wildman–Crippen LogP) is 3.62. The smallest absolute Gasteiger partial charge is 0.410 e. The predicted molar refractivity (Wildman–Crippen MR) is 350 cm³/mol. The summed E-state index contributed by atoms with van der Waals surface area (Å²) < 4.78 is 35.8. The molecule has 32 heteroatoms.